The summed E-state index contributed by atoms with van der Waals surface area (Å²) in [4.78, 5) is 29.1. The number of carbonyl (C=O) groups excluding carboxylic acids is 2. The second kappa shape index (κ2) is 10.00. The molecule has 2 aromatic carbocycles. The first kappa shape index (κ1) is 23.4. The van der Waals surface area contributed by atoms with Crippen molar-refractivity contribution in [3.63, 3.8) is 0 Å². The number of benzene rings is 2. The van der Waals surface area contributed by atoms with Crippen molar-refractivity contribution in [2.75, 3.05) is 38.2 Å². The molecule has 176 valence electrons. The molecule has 2 saturated heterocycles. The molecule has 8 heteroatoms. The van der Waals surface area contributed by atoms with Crippen molar-refractivity contribution in [3.05, 3.63) is 58.9 Å². The first-order valence-electron chi connectivity index (χ1n) is 11.3. The van der Waals surface area contributed by atoms with E-state index in [9.17, 15) is 14.0 Å². The van der Waals surface area contributed by atoms with Crippen LogP contribution in [0.5, 0.6) is 5.75 Å². The number of amides is 2. The Hall–Kier alpha value is -2.80. The lowest BCUT2D eigenvalue weighted by atomic mass is 9.84. The predicted octanol–water partition coefficient (Wildman–Crippen LogP) is 3.81. The second-order valence-electron chi connectivity index (χ2n) is 8.81. The Kier molecular flexibility index (Phi) is 7.08. The zero-order valence-corrected chi connectivity index (χ0v) is 19.5. The fraction of sp³-hybridized carbons (Fsp3) is 0.440. The van der Waals surface area contributed by atoms with E-state index in [4.69, 9.17) is 16.3 Å². The number of nitrogens with one attached hydrogen (secondary N) is 1. The molecule has 0 spiro atoms. The zero-order chi connectivity index (χ0) is 23.4. The van der Waals surface area contributed by atoms with Crippen LogP contribution >= 0.6 is 11.6 Å². The number of anilines is 1. The summed E-state index contributed by atoms with van der Waals surface area (Å²) in [7, 11) is 1.49. The number of ether oxygens (including phenoxy) is 1. The minimum absolute atomic E-state index is 0.0482. The average Bonchev–Trinajstić information content (AvgIpc) is 3.20. The summed E-state index contributed by atoms with van der Waals surface area (Å²) in [6, 6.07) is 12.5. The fourth-order valence-electron chi connectivity index (χ4n) is 4.72. The van der Waals surface area contributed by atoms with E-state index in [0.717, 1.165) is 18.8 Å². The van der Waals surface area contributed by atoms with Gasteiger partial charge in [-0.3, -0.25) is 9.59 Å². The molecule has 2 fully saturated rings. The Labute approximate surface area is 198 Å². The third-order valence-electron chi connectivity index (χ3n) is 6.67. The number of halogens is 2. The van der Waals surface area contributed by atoms with Gasteiger partial charge in [-0.05, 0) is 55.2 Å². The number of methoxy groups -OCH3 is 1. The monoisotopic (exact) mass is 473 g/mol. The Morgan fingerprint density at radius 3 is 2.48 bits per heavy atom. The lowest BCUT2D eigenvalue weighted by Crippen LogP contribution is -2.50. The molecule has 0 aliphatic carbocycles. The molecular formula is C25H29ClFN3O3. The fourth-order valence-corrected chi connectivity index (χ4v) is 4.84. The number of nitrogens with zero attached hydrogens (tertiary/aromatic N) is 2. The molecule has 0 saturated carbocycles. The molecule has 2 amide bonds. The summed E-state index contributed by atoms with van der Waals surface area (Å²) in [5.41, 5.74) is 1.01. The molecule has 2 heterocycles. The molecule has 0 bridgehead atoms. The molecule has 1 atom stereocenters. The average molecular weight is 474 g/mol. The quantitative estimate of drug-likeness (QED) is 0.664. The van der Waals surface area contributed by atoms with Gasteiger partial charge in [0, 0.05) is 61.3 Å². The van der Waals surface area contributed by atoms with Crippen LogP contribution in [0.1, 0.15) is 31.2 Å². The molecule has 0 radical (unpaired) electrons. The van der Waals surface area contributed by atoms with Crippen LogP contribution in [0.3, 0.4) is 0 Å². The van der Waals surface area contributed by atoms with Gasteiger partial charge in [0.1, 0.15) is 11.6 Å². The minimum Gasteiger partial charge on any atom is -0.497 e. The van der Waals surface area contributed by atoms with E-state index in [1.165, 1.54) is 13.2 Å². The van der Waals surface area contributed by atoms with Crippen LogP contribution < -0.4 is 15.0 Å². The number of carbonyl (C=O) groups is 2. The van der Waals surface area contributed by atoms with Gasteiger partial charge in [-0.1, -0.05) is 17.7 Å². The van der Waals surface area contributed by atoms with E-state index in [0.29, 0.717) is 61.5 Å². The van der Waals surface area contributed by atoms with Gasteiger partial charge in [0.05, 0.1) is 7.11 Å². The summed E-state index contributed by atoms with van der Waals surface area (Å²) < 4.78 is 19.6. The van der Waals surface area contributed by atoms with Crippen molar-refractivity contribution in [2.45, 2.75) is 37.6 Å². The second-order valence-corrected chi connectivity index (χ2v) is 9.24. The van der Waals surface area contributed by atoms with E-state index in [2.05, 4.69) is 10.2 Å². The van der Waals surface area contributed by atoms with Crippen molar-refractivity contribution in [1.29, 1.82) is 0 Å². The topological polar surface area (TPSA) is 61.9 Å². The third-order valence-corrected chi connectivity index (χ3v) is 6.92. The molecule has 0 unspecified atom stereocenters. The first-order chi connectivity index (χ1) is 15.9. The molecule has 2 aromatic rings. The third kappa shape index (κ3) is 5.58. The number of hydrogen-bond acceptors (Lipinski definition) is 4. The summed E-state index contributed by atoms with van der Waals surface area (Å²) in [6.45, 7) is 2.81. The molecule has 1 N–H and O–H groups in total. The van der Waals surface area contributed by atoms with Gasteiger partial charge < -0.3 is 19.9 Å². The highest BCUT2D eigenvalue weighted by molar-refractivity contribution is 6.30. The van der Waals surface area contributed by atoms with Crippen LogP contribution in [0.15, 0.2) is 42.5 Å². The Morgan fingerprint density at radius 1 is 1.15 bits per heavy atom. The van der Waals surface area contributed by atoms with Crippen molar-refractivity contribution >= 4 is 29.1 Å². The molecule has 4 rings (SSSR count). The van der Waals surface area contributed by atoms with Gasteiger partial charge in [-0.2, -0.15) is 0 Å². The molecular weight excluding hydrogens is 445 g/mol. The molecule has 0 aromatic heterocycles. The van der Waals surface area contributed by atoms with E-state index in [1.807, 2.05) is 29.2 Å². The Bertz CT molecular complexity index is 1010. The van der Waals surface area contributed by atoms with Crippen LogP contribution in [-0.4, -0.2) is 55.5 Å². The molecule has 2 aliphatic heterocycles. The number of piperazine rings is 1. The lowest BCUT2D eigenvalue weighted by Gasteiger charge is -2.37. The predicted molar refractivity (Wildman–Crippen MR) is 126 cm³/mol. The number of hydrogen-bond donors (Lipinski definition) is 1. The first-order valence-corrected chi connectivity index (χ1v) is 11.7. The zero-order valence-electron chi connectivity index (χ0n) is 18.8. The Morgan fingerprint density at radius 2 is 1.88 bits per heavy atom. The van der Waals surface area contributed by atoms with Crippen LogP contribution in [0.2, 0.25) is 5.02 Å². The van der Waals surface area contributed by atoms with E-state index in [1.54, 1.807) is 12.1 Å². The summed E-state index contributed by atoms with van der Waals surface area (Å²) in [5, 5.41) is 3.74. The van der Waals surface area contributed by atoms with Crippen molar-refractivity contribution in [1.82, 2.24) is 10.2 Å². The highest BCUT2D eigenvalue weighted by atomic mass is 35.5. The summed E-state index contributed by atoms with van der Waals surface area (Å²) in [5.74, 6) is 0.114. The minimum atomic E-state index is -0.604. The summed E-state index contributed by atoms with van der Waals surface area (Å²) >= 11 is 5.97. The largest absolute Gasteiger partial charge is 0.497 e. The molecule has 2 aliphatic rings. The van der Waals surface area contributed by atoms with Gasteiger partial charge in [0.15, 0.2) is 0 Å². The van der Waals surface area contributed by atoms with E-state index < -0.39 is 5.54 Å². The number of rotatable bonds is 7. The van der Waals surface area contributed by atoms with E-state index in [-0.39, 0.29) is 17.6 Å². The van der Waals surface area contributed by atoms with Gasteiger partial charge in [-0.25, -0.2) is 4.39 Å². The van der Waals surface area contributed by atoms with Gasteiger partial charge in [0.25, 0.3) is 0 Å². The van der Waals surface area contributed by atoms with Crippen LogP contribution in [0, 0.1) is 5.82 Å². The maximum absolute atomic E-state index is 14.6. The van der Waals surface area contributed by atoms with Crippen molar-refractivity contribution < 1.29 is 18.7 Å². The smallest absolute Gasteiger partial charge is 0.222 e. The normalized spacial score (nSPS) is 20.6. The Balaban J connectivity index is 1.35. The van der Waals surface area contributed by atoms with Gasteiger partial charge in [-0.15, -0.1) is 0 Å². The highest BCUT2D eigenvalue weighted by Crippen LogP contribution is 2.31. The van der Waals surface area contributed by atoms with E-state index >= 15 is 0 Å². The van der Waals surface area contributed by atoms with Crippen LogP contribution in [-0.2, 0) is 16.0 Å². The van der Waals surface area contributed by atoms with Crippen molar-refractivity contribution in [3.8, 4) is 5.75 Å². The highest BCUT2D eigenvalue weighted by Gasteiger charge is 2.39. The lowest BCUT2D eigenvalue weighted by molar-refractivity contribution is -0.132. The van der Waals surface area contributed by atoms with Crippen LogP contribution in [0.25, 0.3) is 0 Å². The molecule has 33 heavy (non-hydrogen) atoms. The molecule has 6 nitrogen and oxygen atoms in total. The SMILES string of the molecule is COc1ccc(C[C@@]2(CCC(=O)N3CCN(c4ccc(Cl)cc4)CC3)CCC(=O)N2)c(F)c1. The maximum atomic E-state index is 14.6. The van der Waals surface area contributed by atoms with Gasteiger partial charge in [0.2, 0.25) is 11.8 Å². The van der Waals surface area contributed by atoms with Crippen molar-refractivity contribution in [2.24, 2.45) is 0 Å². The summed E-state index contributed by atoms with van der Waals surface area (Å²) in [6.07, 6.45) is 2.15. The van der Waals surface area contributed by atoms with Gasteiger partial charge >= 0.3 is 0 Å². The van der Waals surface area contributed by atoms with Crippen LogP contribution in [0.4, 0.5) is 10.1 Å². The maximum Gasteiger partial charge on any atom is 0.222 e. The standard InChI is InChI=1S/C25H29ClFN3O3/c1-33-21-7-2-18(22(27)16-21)17-25(10-8-23(31)28-25)11-9-24(32)30-14-12-29(13-15-30)20-5-3-19(26)4-6-20/h2-7,16H,8-15,17H2,1H3,(H,28,31)/t25-/m0/s1.